The topological polar surface area (TPSA) is 64.7 Å². The Morgan fingerprint density at radius 1 is 1.15 bits per heavy atom. The minimum Gasteiger partial charge on any atom is -0.383 e. The van der Waals surface area contributed by atoms with Crippen LogP contribution in [0.4, 0.5) is 5.82 Å². The van der Waals surface area contributed by atoms with E-state index in [1.54, 1.807) is 17.4 Å². The summed E-state index contributed by atoms with van der Waals surface area (Å²) < 4.78 is 0. The van der Waals surface area contributed by atoms with E-state index in [0.29, 0.717) is 27.0 Å². The van der Waals surface area contributed by atoms with E-state index >= 15 is 0 Å². The van der Waals surface area contributed by atoms with Gasteiger partial charge in [0.25, 0.3) is 0 Å². The van der Waals surface area contributed by atoms with Gasteiger partial charge in [0.2, 0.25) is 0 Å². The van der Waals surface area contributed by atoms with E-state index in [1.807, 2.05) is 17.5 Å². The lowest BCUT2D eigenvalue weighted by Gasteiger charge is -2.04. The average molecular weight is 343 g/mol. The van der Waals surface area contributed by atoms with Gasteiger partial charge < -0.3 is 5.73 Å². The molecule has 0 fully saturated rings. The largest absolute Gasteiger partial charge is 0.383 e. The Labute approximate surface area is 133 Å². The fourth-order valence-electron chi connectivity index (χ4n) is 1.61. The van der Waals surface area contributed by atoms with E-state index in [-0.39, 0.29) is 0 Å². The van der Waals surface area contributed by atoms with Crippen LogP contribution < -0.4 is 5.73 Å². The number of rotatable bonds is 3. The Kier molecular flexibility index (Phi) is 3.98. The monoisotopic (exact) mass is 342 g/mol. The van der Waals surface area contributed by atoms with Crippen molar-refractivity contribution < 1.29 is 0 Å². The minimum atomic E-state index is 0.379. The van der Waals surface area contributed by atoms with Crippen molar-refractivity contribution in [3.05, 3.63) is 39.4 Å². The zero-order valence-corrected chi connectivity index (χ0v) is 13.2. The molecule has 8 heteroatoms. The Morgan fingerprint density at radius 3 is 2.80 bits per heavy atom. The number of thiophene rings is 1. The second-order valence-corrected chi connectivity index (χ2v) is 6.49. The van der Waals surface area contributed by atoms with E-state index in [1.165, 1.54) is 11.8 Å². The maximum Gasteiger partial charge on any atom is 0.191 e. The number of nitrogens with zero attached hydrogens (tertiary/aromatic N) is 3. The first-order chi connectivity index (χ1) is 9.63. The molecule has 3 heterocycles. The van der Waals surface area contributed by atoms with Crippen molar-refractivity contribution in [2.75, 3.05) is 5.73 Å². The molecule has 0 atom stereocenters. The van der Waals surface area contributed by atoms with Crippen LogP contribution in [0.2, 0.25) is 10.3 Å². The van der Waals surface area contributed by atoms with Crippen LogP contribution in [-0.4, -0.2) is 15.0 Å². The van der Waals surface area contributed by atoms with Gasteiger partial charge in [-0.25, -0.2) is 15.0 Å². The molecule has 3 aromatic rings. The molecule has 4 nitrogen and oxygen atoms in total. The van der Waals surface area contributed by atoms with Crippen molar-refractivity contribution in [3.8, 4) is 0 Å². The third kappa shape index (κ3) is 2.83. The lowest BCUT2D eigenvalue weighted by atomic mass is 10.3. The van der Waals surface area contributed by atoms with Crippen molar-refractivity contribution in [1.82, 2.24) is 15.0 Å². The molecule has 0 amide bonds. The zero-order valence-electron chi connectivity index (χ0n) is 10.0. The molecule has 0 spiro atoms. The molecule has 0 unspecified atom stereocenters. The number of thioether (sulfide) groups is 1. The summed E-state index contributed by atoms with van der Waals surface area (Å²) in [5.41, 5.74) is 6.79. The highest BCUT2D eigenvalue weighted by Gasteiger charge is 2.09. The zero-order chi connectivity index (χ0) is 14.1. The molecular weight excluding hydrogens is 335 g/mol. The quantitative estimate of drug-likeness (QED) is 0.437. The smallest absolute Gasteiger partial charge is 0.191 e. The average Bonchev–Trinajstić information content (AvgIpc) is 2.86. The molecule has 0 bridgehead atoms. The van der Waals surface area contributed by atoms with Gasteiger partial charge in [0.1, 0.15) is 21.0 Å². The second kappa shape index (κ2) is 5.73. The van der Waals surface area contributed by atoms with Crippen LogP contribution in [0.3, 0.4) is 0 Å². The number of hydrogen-bond acceptors (Lipinski definition) is 6. The normalized spacial score (nSPS) is 11.1. The molecule has 0 saturated heterocycles. The molecular formula is C12H8Cl2N4S2. The number of nitrogen functional groups attached to an aromatic ring is 1. The maximum absolute atomic E-state index is 6.03. The van der Waals surface area contributed by atoms with Gasteiger partial charge in [-0.15, -0.1) is 11.3 Å². The maximum atomic E-state index is 6.03. The summed E-state index contributed by atoms with van der Waals surface area (Å²) in [6.45, 7) is 0. The number of fused-ring (bicyclic) bond motifs is 1. The molecule has 0 aliphatic carbocycles. The van der Waals surface area contributed by atoms with Gasteiger partial charge in [0, 0.05) is 5.75 Å². The van der Waals surface area contributed by atoms with Crippen molar-refractivity contribution in [3.63, 3.8) is 0 Å². The highest BCUT2D eigenvalue weighted by Crippen LogP contribution is 2.29. The van der Waals surface area contributed by atoms with E-state index in [0.717, 1.165) is 15.8 Å². The Hall–Kier alpha value is -1.08. The van der Waals surface area contributed by atoms with E-state index in [2.05, 4.69) is 15.0 Å². The summed E-state index contributed by atoms with van der Waals surface area (Å²) >= 11 is 14.8. The number of pyridine rings is 1. The molecule has 0 saturated carbocycles. The van der Waals surface area contributed by atoms with Crippen LogP contribution in [0.5, 0.6) is 0 Å². The van der Waals surface area contributed by atoms with Gasteiger partial charge in [-0.05, 0) is 23.1 Å². The van der Waals surface area contributed by atoms with Crippen LogP contribution in [0, 0.1) is 0 Å². The van der Waals surface area contributed by atoms with Gasteiger partial charge in [-0.2, -0.15) is 0 Å². The molecule has 0 radical (unpaired) electrons. The van der Waals surface area contributed by atoms with Crippen LogP contribution in [0.25, 0.3) is 10.2 Å². The lowest BCUT2D eigenvalue weighted by molar-refractivity contribution is 1.02. The Morgan fingerprint density at radius 2 is 2.00 bits per heavy atom. The van der Waals surface area contributed by atoms with Crippen LogP contribution in [-0.2, 0) is 5.75 Å². The third-order valence-corrected chi connectivity index (χ3v) is 4.82. The third-order valence-electron chi connectivity index (χ3n) is 2.58. The van der Waals surface area contributed by atoms with Crippen LogP contribution >= 0.6 is 46.3 Å². The Bertz CT molecular complexity index is 775. The summed E-state index contributed by atoms with van der Waals surface area (Å²) in [5, 5.41) is 4.25. The SMILES string of the molecule is Nc1nc(SCc2ccc(Cl)nc2Cl)nc2sccc12. The van der Waals surface area contributed by atoms with Crippen LogP contribution in [0.15, 0.2) is 28.7 Å². The minimum absolute atomic E-state index is 0.379. The highest BCUT2D eigenvalue weighted by molar-refractivity contribution is 7.98. The predicted octanol–water partition coefficient (Wildman–Crippen LogP) is 4.27. The summed E-state index contributed by atoms with van der Waals surface area (Å²) in [7, 11) is 0. The summed E-state index contributed by atoms with van der Waals surface area (Å²) in [6, 6.07) is 5.47. The van der Waals surface area contributed by atoms with Crippen molar-refractivity contribution >= 4 is 62.3 Å². The molecule has 0 aliphatic heterocycles. The van der Waals surface area contributed by atoms with E-state index in [9.17, 15) is 0 Å². The fraction of sp³-hybridized carbons (Fsp3) is 0.0833. The number of anilines is 1. The number of hydrogen-bond donors (Lipinski definition) is 1. The van der Waals surface area contributed by atoms with Crippen molar-refractivity contribution in [1.29, 1.82) is 0 Å². The van der Waals surface area contributed by atoms with Crippen molar-refractivity contribution in [2.24, 2.45) is 0 Å². The van der Waals surface area contributed by atoms with Gasteiger partial charge in [0.15, 0.2) is 5.16 Å². The van der Waals surface area contributed by atoms with Gasteiger partial charge in [-0.3, -0.25) is 0 Å². The van der Waals surface area contributed by atoms with Crippen LogP contribution in [0.1, 0.15) is 5.56 Å². The standard InChI is InChI=1S/C12H8Cl2N4S2/c13-8-2-1-6(9(14)16-8)5-20-12-17-10(15)7-3-4-19-11(7)18-12/h1-4H,5H2,(H2,15,17,18). The van der Waals surface area contributed by atoms with Gasteiger partial charge in [-0.1, -0.05) is 41.0 Å². The second-order valence-electron chi connectivity index (χ2n) is 3.90. The Balaban J connectivity index is 1.82. The summed E-state index contributed by atoms with van der Waals surface area (Å²) in [6.07, 6.45) is 0. The first kappa shape index (κ1) is 13.9. The molecule has 0 aromatic carbocycles. The lowest BCUT2D eigenvalue weighted by Crippen LogP contribution is -1.95. The highest BCUT2D eigenvalue weighted by atomic mass is 35.5. The summed E-state index contributed by atoms with van der Waals surface area (Å²) in [4.78, 5) is 13.6. The number of nitrogens with two attached hydrogens (primary N) is 1. The summed E-state index contributed by atoms with van der Waals surface area (Å²) in [5.74, 6) is 1.11. The molecule has 2 N–H and O–H groups in total. The molecule has 0 aliphatic rings. The first-order valence-corrected chi connectivity index (χ1v) is 8.20. The van der Waals surface area contributed by atoms with E-state index < -0.39 is 0 Å². The predicted molar refractivity (Wildman–Crippen MR) is 85.6 cm³/mol. The van der Waals surface area contributed by atoms with Gasteiger partial charge in [0.05, 0.1) is 5.39 Å². The number of aromatic nitrogens is 3. The van der Waals surface area contributed by atoms with Gasteiger partial charge >= 0.3 is 0 Å². The molecule has 102 valence electrons. The number of halogens is 2. The first-order valence-electron chi connectivity index (χ1n) is 5.58. The molecule has 3 aromatic heterocycles. The molecule has 3 rings (SSSR count). The fourth-order valence-corrected chi connectivity index (χ4v) is 3.77. The van der Waals surface area contributed by atoms with E-state index in [4.69, 9.17) is 28.9 Å². The van der Waals surface area contributed by atoms with Crippen molar-refractivity contribution in [2.45, 2.75) is 10.9 Å². The molecule has 20 heavy (non-hydrogen) atoms.